The van der Waals surface area contributed by atoms with Crippen molar-refractivity contribution >= 4 is 0 Å². The lowest BCUT2D eigenvalue weighted by Gasteiger charge is -2.17. The first kappa shape index (κ1) is 11.0. The molecule has 0 spiro atoms. The number of hydrogen-bond donors (Lipinski definition) is 2. The van der Waals surface area contributed by atoms with Crippen molar-refractivity contribution in [2.45, 2.75) is 58.1 Å². The summed E-state index contributed by atoms with van der Waals surface area (Å²) in [7, 11) is 0. The molecule has 0 aromatic heterocycles. The molecule has 2 heteroatoms. The van der Waals surface area contributed by atoms with Gasteiger partial charge in [0.25, 0.3) is 0 Å². The highest BCUT2D eigenvalue weighted by Gasteiger charge is 2.21. The molecule has 1 saturated carbocycles. The molecule has 13 heavy (non-hydrogen) atoms. The van der Waals surface area contributed by atoms with Gasteiger partial charge < -0.3 is 10.4 Å². The Kier molecular flexibility index (Phi) is 4.74. The lowest BCUT2D eigenvalue weighted by atomic mass is 10.1. The first-order valence-corrected chi connectivity index (χ1v) is 5.61. The van der Waals surface area contributed by atoms with E-state index in [2.05, 4.69) is 12.2 Å². The van der Waals surface area contributed by atoms with Crippen molar-refractivity contribution in [2.24, 2.45) is 5.92 Å². The van der Waals surface area contributed by atoms with Crippen LogP contribution in [0.5, 0.6) is 0 Å². The number of aliphatic hydroxyl groups is 1. The van der Waals surface area contributed by atoms with Gasteiger partial charge in [-0.15, -0.1) is 0 Å². The van der Waals surface area contributed by atoms with Crippen molar-refractivity contribution < 1.29 is 5.11 Å². The van der Waals surface area contributed by atoms with Crippen LogP contribution in [-0.4, -0.2) is 23.8 Å². The van der Waals surface area contributed by atoms with E-state index in [0.29, 0.717) is 0 Å². The summed E-state index contributed by atoms with van der Waals surface area (Å²) in [4.78, 5) is 0. The predicted octanol–water partition coefficient (Wildman–Crippen LogP) is 1.93. The van der Waals surface area contributed by atoms with Crippen LogP contribution in [0.2, 0.25) is 0 Å². The van der Waals surface area contributed by atoms with Crippen molar-refractivity contribution in [2.75, 3.05) is 6.54 Å². The fourth-order valence-electron chi connectivity index (χ4n) is 2.13. The van der Waals surface area contributed by atoms with Crippen molar-refractivity contribution in [3.8, 4) is 0 Å². The summed E-state index contributed by atoms with van der Waals surface area (Å²) in [6, 6.07) is 0.744. The zero-order valence-corrected chi connectivity index (χ0v) is 8.92. The SMILES string of the molecule is CC(O)CCCNC1CCCC1C. The minimum Gasteiger partial charge on any atom is -0.393 e. The van der Waals surface area contributed by atoms with Crippen LogP contribution >= 0.6 is 0 Å². The Bertz CT molecular complexity index is 136. The molecular formula is C11H23NO. The van der Waals surface area contributed by atoms with E-state index in [-0.39, 0.29) is 6.10 Å². The quantitative estimate of drug-likeness (QED) is 0.641. The predicted molar refractivity (Wildman–Crippen MR) is 55.7 cm³/mol. The molecule has 3 atom stereocenters. The summed E-state index contributed by atoms with van der Waals surface area (Å²) >= 11 is 0. The van der Waals surface area contributed by atoms with Crippen molar-refractivity contribution in [1.29, 1.82) is 0 Å². The van der Waals surface area contributed by atoms with Crippen molar-refractivity contribution in [3.63, 3.8) is 0 Å². The summed E-state index contributed by atoms with van der Waals surface area (Å²) < 4.78 is 0. The number of nitrogens with one attached hydrogen (secondary N) is 1. The van der Waals surface area contributed by atoms with Gasteiger partial charge in [0.05, 0.1) is 6.10 Å². The maximum atomic E-state index is 9.07. The normalized spacial score (nSPS) is 30.7. The Morgan fingerprint density at radius 2 is 2.23 bits per heavy atom. The van der Waals surface area contributed by atoms with Gasteiger partial charge >= 0.3 is 0 Å². The van der Waals surface area contributed by atoms with Crippen LogP contribution in [0.3, 0.4) is 0 Å². The van der Waals surface area contributed by atoms with Crippen LogP contribution in [-0.2, 0) is 0 Å². The van der Waals surface area contributed by atoms with Crippen LogP contribution in [0.15, 0.2) is 0 Å². The fourth-order valence-corrected chi connectivity index (χ4v) is 2.13. The third-order valence-electron chi connectivity index (χ3n) is 3.07. The lowest BCUT2D eigenvalue weighted by Crippen LogP contribution is -2.32. The van der Waals surface area contributed by atoms with Gasteiger partial charge in [0, 0.05) is 6.04 Å². The molecule has 1 aliphatic rings. The minimum atomic E-state index is -0.136. The van der Waals surface area contributed by atoms with Crippen LogP contribution in [0, 0.1) is 5.92 Å². The highest BCUT2D eigenvalue weighted by atomic mass is 16.3. The summed E-state index contributed by atoms with van der Waals surface area (Å²) in [5.74, 6) is 0.853. The molecule has 0 saturated heterocycles. The Morgan fingerprint density at radius 1 is 1.46 bits per heavy atom. The third-order valence-corrected chi connectivity index (χ3v) is 3.07. The molecule has 1 rings (SSSR count). The molecule has 1 fully saturated rings. The molecule has 3 unspecified atom stereocenters. The summed E-state index contributed by atoms with van der Waals surface area (Å²) in [6.07, 6.45) is 6.00. The van der Waals surface area contributed by atoms with Gasteiger partial charge in [0.15, 0.2) is 0 Å². The molecule has 0 amide bonds. The Hall–Kier alpha value is -0.0800. The van der Waals surface area contributed by atoms with Crippen LogP contribution < -0.4 is 5.32 Å². The summed E-state index contributed by atoms with van der Waals surface area (Å²) in [5, 5.41) is 12.6. The topological polar surface area (TPSA) is 32.3 Å². The van der Waals surface area contributed by atoms with Crippen molar-refractivity contribution in [3.05, 3.63) is 0 Å². The van der Waals surface area contributed by atoms with Gasteiger partial charge in [-0.3, -0.25) is 0 Å². The van der Waals surface area contributed by atoms with Gasteiger partial charge in [-0.2, -0.15) is 0 Å². The monoisotopic (exact) mass is 185 g/mol. The van der Waals surface area contributed by atoms with Gasteiger partial charge in [-0.05, 0) is 45.1 Å². The van der Waals surface area contributed by atoms with E-state index in [9.17, 15) is 0 Å². The first-order valence-electron chi connectivity index (χ1n) is 5.61. The molecule has 2 N–H and O–H groups in total. The molecule has 0 aromatic carbocycles. The Balaban J connectivity index is 1.99. The average molecular weight is 185 g/mol. The lowest BCUT2D eigenvalue weighted by molar-refractivity contribution is 0.180. The molecule has 2 nitrogen and oxygen atoms in total. The van der Waals surface area contributed by atoms with Gasteiger partial charge in [0.1, 0.15) is 0 Å². The fraction of sp³-hybridized carbons (Fsp3) is 1.00. The molecule has 1 aliphatic carbocycles. The molecule has 78 valence electrons. The molecule has 0 aromatic rings. The number of aliphatic hydroxyl groups excluding tert-OH is 1. The Labute approximate surface area is 81.7 Å². The highest BCUT2D eigenvalue weighted by Crippen LogP contribution is 2.24. The van der Waals surface area contributed by atoms with Gasteiger partial charge in [0.2, 0.25) is 0 Å². The number of rotatable bonds is 5. The van der Waals surface area contributed by atoms with E-state index in [4.69, 9.17) is 5.11 Å². The van der Waals surface area contributed by atoms with Gasteiger partial charge in [-0.25, -0.2) is 0 Å². The molecular weight excluding hydrogens is 162 g/mol. The van der Waals surface area contributed by atoms with Crippen LogP contribution in [0.1, 0.15) is 46.0 Å². The van der Waals surface area contributed by atoms with Crippen LogP contribution in [0.25, 0.3) is 0 Å². The van der Waals surface area contributed by atoms with E-state index in [1.54, 1.807) is 0 Å². The maximum absolute atomic E-state index is 9.07. The van der Waals surface area contributed by atoms with Crippen molar-refractivity contribution in [1.82, 2.24) is 5.32 Å². The largest absolute Gasteiger partial charge is 0.393 e. The standard InChI is InChI=1S/C11H23NO/c1-9-5-3-7-11(9)12-8-4-6-10(2)13/h9-13H,3-8H2,1-2H3. The zero-order valence-electron chi connectivity index (χ0n) is 8.92. The second-order valence-corrected chi connectivity index (χ2v) is 4.46. The smallest absolute Gasteiger partial charge is 0.0512 e. The second-order valence-electron chi connectivity index (χ2n) is 4.46. The second kappa shape index (κ2) is 5.61. The van der Waals surface area contributed by atoms with E-state index in [0.717, 1.165) is 31.3 Å². The summed E-state index contributed by atoms with van der Waals surface area (Å²) in [6.45, 7) is 5.26. The average Bonchev–Trinajstić information content (AvgIpc) is 2.45. The van der Waals surface area contributed by atoms with E-state index in [1.807, 2.05) is 6.92 Å². The Morgan fingerprint density at radius 3 is 2.77 bits per heavy atom. The van der Waals surface area contributed by atoms with Gasteiger partial charge in [-0.1, -0.05) is 13.3 Å². The molecule has 0 heterocycles. The number of hydrogen-bond acceptors (Lipinski definition) is 2. The summed E-state index contributed by atoms with van der Waals surface area (Å²) in [5.41, 5.74) is 0. The van der Waals surface area contributed by atoms with Crippen LogP contribution in [0.4, 0.5) is 0 Å². The van der Waals surface area contributed by atoms with E-state index >= 15 is 0 Å². The highest BCUT2D eigenvalue weighted by molar-refractivity contribution is 4.79. The first-order chi connectivity index (χ1) is 6.20. The minimum absolute atomic E-state index is 0.136. The molecule has 0 radical (unpaired) electrons. The zero-order chi connectivity index (χ0) is 9.68. The molecule has 0 bridgehead atoms. The third kappa shape index (κ3) is 4.10. The molecule has 0 aliphatic heterocycles. The van der Waals surface area contributed by atoms with E-state index in [1.165, 1.54) is 19.3 Å². The van der Waals surface area contributed by atoms with E-state index < -0.39 is 0 Å². The maximum Gasteiger partial charge on any atom is 0.0512 e.